The smallest absolute Gasteiger partial charge is 0.193 e. The molecule has 1 aromatic heterocycles. The predicted molar refractivity (Wildman–Crippen MR) is 117 cm³/mol. The van der Waals surface area contributed by atoms with Gasteiger partial charge in [0.15, 0.2) is 5.96 Å². The summed E-state index contributed by atoms with van der Waals surface area (Å²) in [6.45, 7) is 11.9. The van der Waals surface area contributed by atoms with Crippen LogP contribution < -0.4 is 5.32 Å². The van der Waals surface area contributed by atoms with Gasteiger partial charge < -0.3 is 15.0 Å². The fourth-order valence-corrected chi connectivity index (χ4v) is 4.17. The number of piperidine rings is 1. The zero-order valence-electron chi connectivity index (χ0n) is 17.8. The Morgan fingerprint density at radius 2 is 2.11 bits per heavy atom. The molecule has 3 rings (SSSR count). The lowest BCUT2D eigenvalue weighted by Crippen LogP contribution is -2.41. The number of likely N-dealkylation sites (tertiary alicyclic amines) is 1. The Morgan fingerprint density at radius 1 is 1.32 bits per heavy atom. The fraction of sp³-hybridized carbons (Fsp3) is 0.810. The van der Waals surface area contributed by atoms with E-state index < -0.39 is 0 Å². The molecular weight excluding hydrogens is 370 g/mol. The van der Waals surface area contributed by atoms with Gasteiger partial charge in [0.1, 0.15) is 0 Å². The first kappa shape index (κ1) is 21.5. The van der Waals surface area contributed by atoms with Gasteiger partial charge in [0.2, 0.25) is 0 Å². The van der Waals surface area contributed by atoms with Crippen molar-refractivity contribution in [2.75, 3.05) is 53.0 Å². The number of rotatable bonds is 10. The molecule has 1 aliphatic heterocycles. The lowest BCUT2D eigenvalue weighted by molar-refractivity contribution is 0.115. The summed E-state index contributed by atoms with van der Waals surface area (Å²) >= 11 is 1.75. The van der Waals surface area contributed by atoms with E-state index in [2.05, 4.69) is 46.4 Å². The van der Waals surface area contributed by atoms with Crippen molar-refractivity contribution in [3.8, 4) is 0 Å². The molecule has 28 heavy (non-hydrogen) atoms. The monoisotopic (exact) mass is 407 g/mol. The summed E-state index contributed by atoms with van der Waals surface area (Å²) in [5.74, 6) is 2.53. The second kappa shape index (κ2) is 11.1. The maximum absolute atomic E-state index is 5.78. The maximum atomic E-state index is 5.78. The van der Waals surface area contributed by atoms with Crippen LogP contribution in [0.15, 0.2) is 10.4 Å². The van der Waals surface area contributed by atoms with Crippen molar-refractivity contribution >= 4 is 17.3 Å². The van der Waals surface area contributed by atoms with Crippen LogP contribution in [0, 0.1) is 18.8 Å². The van der Waals surface area contributed by atoms with Gasteiger partial charge in [-0.15, -0.1) is 11.3 Å². The third kappa shape index (κ3) is 7.33. The molecule has 1 aliphatic carbocycles. The van der Waals surface area contributed by atoms with Gasteiger partial charge in [-0.05, 0) is 64.5 Å². The van der Waals surface area contributed by atoms with Crippen molar-refractivity contribution < 1.29 is 4.74 Å². The molecule has 0 atom stereocenters. The molecule has 2 heterocycles. The molecule has 6 nitrogen and oxygen atoms in total. The van der Waals surface area contributed by atoms with E-state index in [0.29, 0.717) is 5.92 Å². The highest BCUT2D eigenvalue weighted by atomic mass is 32.1. The number of aryl methyl sites for hydroxylation is 1. The largest absolute Gasteiger partial charge is 0.379 e. The highest BCUT2D eigenvalue weighted by Gasteiger charge is 2.22. The first-order chi connectivity index (χ1) is 13.6. The van der Waals surface area contributed by atoms with Crippen molar-refractivity contribution in [3.05, 3.63) is 16.1 Å². The Bertz CT molecular complexity index is 608. The van der Waals surface area contributed by atoms with Gasteiger partial charge in [0.05, 0.1) is 17.3 Å². The van der Waals surface area contributed by atoms with Crippen molar-refractivity contribution in [1.82, 2.24) is 20.1 Å². The van der Waals surface area contributed by atoms with E-state index in [9.17, 15) is 0 Å². The van der Waals surface area contributed by atoms with Crippen molar-refractivity contribution in [2.24, 2.45) is 16.8 Å². The average molecular weight is 408 g/mol. The molecule has 7 heteroatoms. The van der Waals surface area contributed by atoms with E-state index >= 15 is 0 Å². The van der Waals surface area contributed by atoms with Gasteiger partial charge in [-0.3, -0.25) is 9.89 Å². The third-order valence-electron chi connectivity index (χ3n) is 5.58. The third-order valence-corrected chi connectivity index (χ3v) is 6.40. The summed E-state index contributed by atoms with van der Waals surface area (Å²) in [4.78, 5) is 14.3. The van der Waals surface area contributed by atoms with Crippen LogP contribution in [0.2, 0.25) is 0 Å². The van der Waals surface area contributed by atoms with Crippen molar-refractivity contribution in [1.29, 1.82) is 0 Å². The molecule has 158 valence electrons. The molecule has 2 aliphatic rings. The Kier molecular flexibility index (Phi) is 8.55. The highest BCUT2D eigenvalue weighted by molar-refractivity contribution is 7.09. The number of hydrogen-bond acceptors (Lipinski definition) is 5. The molecule has 0 unspecified atom stereocenters. The summed E-state index contributed by atoms with van der Waals surface area (Å²) < 4.78 is 5.78. The Balaban J connectivity index is 1.37. The molecule has 1 N–H and O–H groups in total. The van der Waals surface area contributed by atoms with Crippen molar-refractivity contribution in [2.45, 2.75) is 46.1 Å². The van der Waals surface area contributed by atoms with E-state index in [0.717, 1.165) is 69.4 Å². The molecule has 2 fully saturated rings. The minimum Gasteiger partial charge on any atom is -0.379 e. The molecule has 1 saturated heterocycles. The first-order valence-electron chi connectivity index (χ1n) is 10.8. The van der Waals surface area contributed by atoms with E-state index in [1.54, 1.807) is 11.3 Å². The Labute approximate surface area is 174 Å². The van der Waals surface area contributed by atoms with E-state index in [1.807, 2.05) is 0 Å². The zero-order valence-corrected chi connectivity index (χ0v) is 18.6. The fourth-order valence-electron chi connectivity index (χ4n) is 3.56. The van der Waals surface area contributed by atoms with E-state index in [4.69, 9.17) is 9.73 Å². The molecule has 0 bridgehead atoms. The van der Waals surface area contributed by atoms with Crippen LogP contribution in [0.25, 0.3) is 0 Å². The lowest BCUT2D eigenvalue weighted by Gasteiger charge is -2.31. The average Bonchev–Trinajstić information content (AvgIpc) is 3.43. The SMILES string of the molecule is CCNC(=NCC1CCN(Cc2csc(C)n2)CC1)N(C)CCOCC1CC1. The minimum absolute atomic E-state index is 0.682. The van der Waals surface area contributed by atoms with Crippen LogP contribution in [0.3, 0.4) is 0 Å². The summed E-state index contributed by atoms with van der Waals surface area (Å²) in [7, 11) is 2.11. The van der Waals surface area contributed by atoms with E-state index in [-0.39, 0.29) is 0 Å². The number of aromatic nitrogens is 1. The van der Waals surface area contributed by atoms with Gasteiger partial charge in [-0.1, -0.05) is 0 Å². The van der Waals surface area contributed by atoms with Crippen LogP contribution in [0.5, 0.6) is 0 Å². The Hall–Kier alpha value is -1.18. The van der Waals surface area contributed by atoms with Crippen molar-refractivity contribution in [3.63, 3.8) is 0 Å². The minimum atomic E-state index is 0.682. The zero-order chi connectivity index (χ0) is 19.8. The predicted octanol–water partition coefficient (Wildman–Crippen LogP) is 2.99. The Morgan fingerprint density at radius 3 is 2.75 bits per heavy atom. The molecule has 0 amide bonds. The van der Waals surface area contributed by atoms with Gasteiger partial charge in [-0.2, -0.15) is 0 Å². The number of hydrogen-bond donors (Lipinski definition) is 1. The normalized spacial score (nSPS) is 19.2. The number of nitrogens with one attached hydrogen (secondary N) is 1. The summed E-state index contributed by atoms with van der Waals surface area (Å²) in [5.41, 5.74) is 1.22. The topological polar surface area (TPSA) is 53.0 Å². The van der Waals surface area contributed by atoms with Crippen LogP contribution in [0.1, 0.15) is 43.3 Å². The van der Waals surface area contributed by atoms with E-state index in [1.165, 1.54) is 31.4 Å². The molecule has 1 aromatic rings. The van der Waals surface area contributed by atoms with Gasteiger partial charge >= 0.3 is 0 Å². The highest BCUT2D eigenvalue weighted by Crippen LogP contribution is 2.28. The number of aliphatic imine (C=N–C) groups is 1. The number of likely N-dealkylation sites (N-methyl/N-ethyl adjacent to an activating group) is 1. The first-order valence-corrected chi connectivity index (χ1v) is 11.7. The summed E-state index contributed by atoms with van der Waals surface area (Å²) in [5, 5.41) is 6.79. The molecular formula is C21H37N5OS. The maximum Gasteiger partial charge on any atom is 0.193 e. The van der Waals surface area contributed by atoms with Crippen LogP contribution in [0.4, 0.5) is 0 Å². The summed E-state index contributed by atoms with van der Waals surface area (Å²) in [6.07, 6.45) is 5.14. The standard InChI is InChI=1S/C21H37N5OS/c1-4-22-21(25(3)11-12-27-15-19-5-6-19)23-13-18-7-9-26(10-8-18)14-20-16-28-17(2)24-20/h16,18-19H,4-15H2,1-3H3,(H,22,23). The number of ether oxygens (including phenoxy) is 1. The second-order valence-corrected chi connectivity index (χ2v) is 9.27. The second-order valence-electron chi connectivity index (χ2n) is 8.21. The van der Waals surface area contributed by atoms with Crippen LogP contribution >= 0.6 is 11.3 Å². The molecule has 1 saturated carbocycles. The lowest BCUT2D eigenvalue weighted by atomic mass is 9.97. The number of guanidine groups is 1. The molecule has 0 radical (unpaired) electrons. The number of thiazole rings is 1. The quantitative estimate of drug-likeness (QED) is 0.367. The molecule has 0 spiro atoms. The molecule has 0 aromatic carbocycles. The van der Waals surface area contributed by atoms with Gasteiger partial charge in [-0.25, -0.2) is 4.98 Å². The van der Waals surface area contributed by atoms with Crippen LogP contribution in [-0.2, 0) is 11.3 Å². The summed E-state index contributed by atoms with van der Waals surface area (Å²) in [6, 6.07) is 0. The van der Waals surface area contributed by atoms with Crippen LogP contribution in [-0.4, -0.2) is 73.7 Å². The van der Waals surface area contributed by atoms with Gasteiger partial charge in [0, 0.05) is 45.2 Å². The van der Waals surface area contributed by atoms with Gasteiger partial charge in [0.25, 0.3) is 0 Å². The number of nitrogens with zero attached hydrogens (tertiary/aromatic N) is 4.